The molecule has 1 aromatic carbocycles. The molecule has 0 radical (unpaired) electrons. The maximum absolute atomic E-state index is 4.60. The highest BCUT2D eigenvalue weighted by Gasteiger charge is 2.14. The summed E-state index contributed by atoms with van der Waals surface area (Å²) in [5.74, 6) is 1.71. The Labute approximate surface area is 136 Å². The van der Waals surface area contributed by atoms with Crippen molar-refractivity contribution < 1.29 is 0 Å². The molecule has 0 aliphatic heterocycles. The fraction of sp³-hybridized carbons (Fsp3) is 0.250. The summed E-state index contributed by atoms with van der Waals surface area (Å²) in [7, 11) is 0. The molecule has 1 unspecified atom stereocenters. The molecule has 2 aromatic heterocycles. The third-order valence-corrected chi connectivity index (χ3v) is 5.01. The van der Waals surface area contributed by atoms with Crippen LogP contribution in [0.25, 0.3) is 10.2 Å². The van der Waals surface area contributed by atoms with E-state index in [0.29, 0.717) is 0 Å². The molecule has 1 atom stereocenters. The lowest BCUT2D eigenvalue weighted by Gasteiger charge is -2.18. The second kappa shape index (κ2) is 6.12. The summed E-state index contributed by atoms with van der Waals surface area (Å²) in [6.07, 6.45) is 1.00. The van der Waals surface area contributed by atoms with Crippen molar-refractivity contribution >= 4 is 43.3 Å². The standard InChI is InChI=1S/C16H16BrN3S/c1-3-12(11-7-5-4-6-8-11)20-16-15-13(9-14(17)21-15)18-10(2)19-16/h4-9,12H,3H2,1-2H3,(H,18,19,20). The van der Waals surface area contributed by atoms with E-state index in [-0.39, 0.29) is 6.04 Å². The number of nitrogens with one attached hydrogen (secondary N) is 1. The van der Waals surface area contributed by atoms with Gasteiger partial charge in [0.05, 0.1) is 20.0 Å². The fourth-order valence-electron chi connectivity index (χ4n) is 2.39. The molecule has 0 saturated heterocycles. The first-order valence-corrected chi connectivity index (χ1v) is 8.53. The Morgan fingerprint density at radius 1 is 1.24 bits per heavy atom. The molecule has 1 N–H and O–H groups in total. The van der Waals surface area contributed by atoms with Gasteiger partial charge >= 0.3 is 0 Å². The van der Waals surface area contributed by atoms with Gasteiger partial charge < -0.3 is 5.32 Å². The summed E-state index contributed by atoms with van der Waals surface area (Å²) >= 11 is 5.20. The molecule has 108 valence electrons. The zero-order valence-electron chi connectivity index (χ0n) is 11.9. The number of fused-ring (bicyclic) bond motifs is 1. The van der Waals surface area contributed by atoms with E-state index >= 15 is 0 Å². The summed E-state index contributed by atoms with van der Waals surface area (Å²) in [6.45, 7) is 4.11. The van der Waals surface area contributed by atoms with Crippen LogP contribution in [0.5, 0.6) is 0 Å². The summed E-state index contributed by atoms with van der Waals surface area (Å²) < 4.78 is 2.18. The van der Waals surface area contributed by atoms with Gasteiger partial charge in [-0.3, -0.25) is 0 Å². The van der Waals surface area contributed by atoms with Crippen molar-refractivity contribution in [2.45, 2.75) is 26.3 Å². The van der Waals surface area contributed by atoms with Crippen LogP contribution in [0.2, 0.25) is 0 Å². The third kappa shape index (κ3) is 3.09. The molecule has 0 bridgehead atoms. The van der Waals surface area contributed by atoms with E-state index in [1.165, 1.54) is 5.56 Å². The van der Waals surface area contributed by atoms with E-state index in [4.69, 9.17) is 0 Å². The number of benzene rings is 1. The quantitative estimate of drug-likeness (QED) is 0.682. The Hall–Kier alpha value is -1.46. The molecule has 0 aliphatic rings. The number of rotatable bonds is 4. The number of aryl methyl sites for hydroxylation is 1. The van der Waals surface area contributed by atoms with Crippen LogP contribution in [-0.2, 0) is 0 Å². The molecule has 0 amide bonds. The summed E-state index contributed by atoms with van der Waals surface area (Å²) in [5.41, 5.74) is 2.27. The van der Waals surface area contributed by atoms with Gasteiger partial charge in [-0.25, -0.2) is 9.97 Å². The first-order chi connectivity index (χ1) is 10.2. The van der Waals surface area contributed by atoms with Crippen LogP contribution in [0.3, 0.4) is 0 Å². The molecule has 3 rings (SSSR count). The van der Waals surface area contributed by atoms with Crippen LogP contribution in [0, 0.1) is 6.92 Å². The van der Waals surface area contributed by atoms with Crippen molar-refractivity contribution in [2.24, 2.45) is 0 Å². The summed E-state index contributed by atoms with van der Waals surface area (Å²) in [4.78, 5) is 9.09. The van der Waals surface area contributed by atoms with Crippen molar-refractivity contribution in [1.29, 1.82) is 0 Å². The van der Waals surface area contributed by atoms with E-state index in [9.17, 15) is 0 Å². The number of anilines is 1. The first kappa shape index (κ1) is 14.5. The number of hydrogen-bond acceptors (Lipinski definition) is 4. The zero-order chi connectivity index (χ0) is 14.8. The van der Waals surface area contributed by atoms with Crippen molar-refractivity contribution in [3.63, 3.8) is 0 Å². The maximum atomic E-state index is 4.60. The van der Waals surface area contributed by atoms with Gasteiger partial charge in [-0.1, -0.05) is 37.3 Å². The highest BCUT2D eigenvalue weighted by atomic mass is 79.9. The number of thiophene rings is 1. The highest BCUT2D eigenvalue weighted by Crippen LogP contribution is 2.34. The lowest BCUT2D eigenvalue weighted by atomic mass is 10.0. The van der Waals surface area contributed by atoms with E-state index in [1.54, 1.807) is 11.3 Å². The van der Waals surface area contributed by atoms with Gasteiger partial charge in [-0.2, -0.15) is 0 Å². The molecule has 0 saturated carbocycles. The van der Waals surface area contributed by atoms with Crippen LogP contribution in [0.4, 0.5) is 5.82 Å². The molecule has 3 nitrogen and oxygen atoms in total. The highest BCUT2D eigenvalue weighted by molar-refractivity contribution is 9.11. The average Bonchev–Trinajstić information content (AvgIpc) is 2.85. The SMILES string of the molecule is CCC(Nc1nc(C)nc2cc(Br)sc12)c1ccccc1. The van der Waals surface area contributed by atoms with Crippen molar-refractivity contribution in [3.8, 4) is 0 Å². The van der Waals surface area contributed by atoms with Gasteiger partial charge in [0, 0.05) is 0 Å². The smallest absolute Gasteiger partial charge is 0.148 e. The minimum absolute atomic E-state index is 0.254. The molecular formula is C16H16BrN3S. The molecular weight excluding hydrogens is 346 g/mol. The van der Waals surface area contributed by atoms with Crippen molar-refractivity contribution in [3.05, 3.63) is 51.6 Å². The second-order valence-corrected chi connectivity index (χ2v) is 7.33. The maximum Gasteiger partial charge on any atom is 0.148 e. The molecule has 21 heavy (non-hydrogen) atoms. The van der Waals surface area contributed by atoms with Gasteiger partial charge in [-0.15, -0.1) is 11.3 Å². The van der Waals surface area contributed by atoms with Crippen molar-refractivity contribution in [1.82, 2.24) is 9.97 Å². The first-order valence-electron chi connectivity index (χ1n) is 6.92. The van der Waals surface area contributed by atoms with Gasteiger partial charge in [0.15, 0.2) is 0 Å². The molecule has 3 aromatic rings. The molecule has 0 spiro atoms. The number of nitrogens with zero attached hydrogens (tertiary/aromatic N) is 2. The second-order valence-electron chi connectivity index (χ2n) is 4.90. The Balaban J connectivity index is 2.00. The van der Waals surface area contributed by atoms with Gasteiger partial charge in [0.2, 0.25) is 0 Å². The van der Waals surface area contributed by atoms with E-state index < -0.39 is 0 Å². The Morgan fingerprint density at radius 2 is 2.00 bits per heavy atom. The zero-order valence-corrected chi connectivity index (χ0v) is 14.3. The fourth-order valence-corrected chi connectivity index (χ4v) is 3.86. The number of hydrogen-bond donors (Lipinski definition) is 1. The lowest BCUT2D eigenvalue weighted by Crippen LogP contribution is -2.11. The van der Waals surface area contributed by atoms with Crippen LogP contribution >= 0.6 is 27.3 Å². The molecule has 0 fully saturated rings. The predicted molar refractivity (Wildman–Crippen MR) is 92.9 cm³/mol. The lowest BCUT2D eigenvalue weighted by molar-refractivity contribution is 0.745. The van der Waals surface area contributed by atoms with Gasteiger partial charge in [-0.05, 0) is 40.9 Å². The van der Waals surface area contributed by atoms with Crippen LogP contribution in [0.1, 0.15) is 30.8 Å². The Morgan fingerprint density at radius 3 is 2.71 bits per heavy atom. The van der Waals surface area contributed by atoms with Gasteiger partial charge in [0.25, 0.3) is 0 Å². The summed E-state index contributed by atoms with van der Waals surface area (Å²) in [6, 6.07) is 12.8. The summed E-state index contributed by atoms with van der Waals surface area (Å²) in [5, 5.41) is 3.58. The van der Waals surface area contributed by atoms with Crippen LogP contribution in [-0.4, -0.2) is 9.97 Å². The normalized spacial score (nSPS) is 12.5. The molecule has 5 heteroatoms. The minimum atomic E-state index is 0.254. The molecule has 0 aliphatic carbocycles. The van der Waals surface area contributed by atoms with Crippen molar-refractivity contribution in [2.75, 3.05) is 5.32 Å². The Kier molecular flexibility index (Phi) is 4.22. The number of aromatic nitrogens is 2. The monoisotopic (exact) mass is 361 g/mol. The predicted octanol–water partition coefficient (Wildman–Crippen LogP) is 5.33. The van der Waals surface area contributed by atoms with E-state index in [0.717, 1.165) is 32.1 Å². The Bertz CT molecular complexity index is 755. The van der Waals surface area contributed by atoms with E-state index in [2.05, 4.69) is 62.4 Å². The third-order valence-electron chi connectivity index (χ3n) is 3.37. The van der Waals surface area contributed by atoms with Crippen LogP contribution in [0.15, 0.2) is 40.2 Å². The minimum Gasteiger partial charge on any atom is -0.362 e. The topological polar surface area (TPSA) is 37.8 Å². The van der Waals surface area contributed by atoms with E-state index in [1.807, 2.05) is 19.1 Å². The average molecular weight is 362 g/mol. The van der Waals surface area contributed by atoms with Crippen LogP contribution < -0.4 is 5.32 Å². The number of halogens is 1. The largest absolute Gasteiger partial charge is 0.362 e. The molecule has 2 heterocycles. The van der Waals surface area contributed by atoms with Gasteiger partial charge in [0.1, 0.15) is 11.6 Å².